The number of carbonyl (C=O) groups excluding carboxylic acids is 1. The monoisotopic (exact) mass is 306 g/mol. The zero-order chi connectivity index (χ0) is 12.9. The lowest BCUT2D eigenvalue weighted by Crippen LogP contribution is -2.18. The summed E-state index contributed by atoms with van der Waals surface area (Å²) in [6, 6.07) is 0. The lowest BCUT2D eigenvalue weighted by molar-refractivity contribution is -0.143. The van der Waals surface area contributed by atoms with Crippen molar-refractivity contribution in [1.82, 2.24) is 0 Å². The summed E-state index contributed by atoms with van der Waals surface area (Å²) in [6.45, 7) is 4.95. The van der Waals surface area contributed by atoms with E-state index in [0.29, 0.717) is 6.61 Å². The van der Waals surface area contributed by atoms with Crippen LogP contribution in [0.4, 0.5) is 0 Å². The lowest BCUT2D eigenvalue weighted by atomic mass is 10.1. The Morgan fingerprint density at radius 2 is 1.59 bits per heavy atom. The summed E-state index contributed by atoms with van der Waals surface area (Å²) < 4.78 is 5.22. The average molecular weight is 307 g/mol. The fourth-order valence-electron chi connectivity index (χ4n) is 1.66. The quantitative estimate of drug-likeness (QED) is 0.310. The molecule has 2 nitrogen and oxygen atoms in total. The Labute approximate surface area is 115 Å². The molecule has 0 aliphatic carbocycles. The Hall–Kier alpha value is -0.0500. The van der Waals surface area contributed by atoms with Crippen molar-refractivity contribution < 1.29 is 9.53 Å². The zero-order valence-corrected chi connectivity index (χ0v) is 12.9. The number of hydrogen-bond acceptors (Lipinski definition) is 2. The minimum atomic E-state index is -0.106. The summed E-state index contributed by atoms with van der Waals surface area (Å²) in [7, 11) is 0. The molecular formula is C14H27BrO2. The molecular weight excluding hydrogens is 280 g/mol. The van der Waals surface area contributed by atoms with Crippen LogP contribution in [0.5, 0.6) is 0 Å². The summed E-state index contributed by atoms with van der Waals surface area (Å²) in [5, 5.41) is 0. The molecule has 0 spiro atoms. The third-order valence-electron chi connectivity index (χ3n) is 2.81. The number of esters is 1. The molecule has 0 N–H and O–H groups in total. The summed E-state index contributed by atoms with van der Waals surface area (Å²) in [6.07, 6.45) is 10.3. The topological polar surface area (TPSA) is 26.3 Å². The first kappa shape index (κ1) is 16.9. The standard InChI is InChI=1S/C14H27BrO2/c1-3-5-7-9-11-13(15)14(16)17-12-10-8-6-4-2/h13H,3-12H2,1-2H3. The van der Waals surface area contributed by atoms with Gasteiger partial charge in [-0.15, -0.1) is 0 Å². The van der Waals surface area contributed by atoms with Gasteiger partial charge in [0.15, 0.2) is 0 Å². The van der Waals surface area contributed by atoms with E-state index in [2.05, 4.69) is 29.8 Å². The second kappa shape index (κ2) is 12.4. The van der Waals surface area contributed by atoms with Crippen molar-refractivity contribution in [1.29, 1.82) is 0 Å². The van der Waals surface area contributed by atoms with Crippen molar-refractivity contribution in [3.63, 3.8) is 0 Å². The van der Waals surface area contributed by atoms with Crippen molar-refractivity contribution in [3.8, 4) is 0 Å². The molecule has 3 heteroatoms. The highest BCUT2D eigenvalue weighted by Gasteiger charge is 2.15. The van der Waals surface area contributed by atoms with E-state index in [4.69, 9.17) is 4.74 Å². The van der Waals surface area contributed by atoms with E-state index in [1.165, 1.54) is 32.1 Å². The van der Waals surface area contributed by atoms with Crippen molar-refractivity contribution in [2.45, 2.75) is 76.5 Å². The summed E-state index contributed by atoms with van der Waals surface area (Å²) in [5.41, 5.74) is 0. The molecule has 0 aromatic carbocycles. The largest absolute Gasteiger partial charge is 0.465 e. The first-order valence-electron chi connectivity index (χ1n) is 7.03. The predicted molar refractivity (Wildman–Crippen MR) is 76.6 cm³/mol. The third kappa shape index (κ3) is 10.8. The van der Waals surface area contributed by atoms with Gasteiger partial charge in [0.1, 0.15) is 4.83 Å². The van der Waals surface area contributed by atoms with Crippen LogP contribution in [0.15, 0.2) is 0 Å². The van der Waals surface area contributed by atoms with Gasteiger partial charge in [-0.2, -0.15) is 0 Å². The molecule has 0 bridgehead atoms. The Morgan fingerprint density at radius 3 is 2.18 bits per heavy atom. The predicted octanol–water partition coefficient (Wildman–Crippen LogP) is 4.84. The molecule has 0 aliphatic rings. The molecule has 0 amide bonds. The fourth-order valence-corrected chi connectivity index (χ4v) is 2.12. The van der Waals surface area contributed by atoms with Crippen molar-refractivity contribution >= 4 is 21.9 Å². The van der Waals surface area contributed by atoms with Gasteiger partial charge < -0.3 is 4.74 Å². The second-order valence-corrected chi connectivity index (χ2v) is 5.65. The van der Waals surface area contributed by atoms with Crippen LogP contribution in [-0.4, -0.2) is 17.4 Å². The summed E-state index contributed by atoms with van der Waals surface area (Å²) in [5.74, 6) is -0.0852. The Morgan fingerprint density at radius 1 is 1.00 bits per heavy atom. The summed E-state index contributed by atoms with van der Waals surface area (Å²) in [4.78, 5) is 11.5. The number of carbonyl (C=O) groups is 1. The van der Waals surface area contributed by atoms with Gasteiger partial charge in [-0.3, -0.25) is 4.79 Å². The van der Waals surface area contributed by atoms with Gasteiger partial charge in [0.25, 0.3) is 0 Å². The molecule has 0 aromatic rings. The Bertz CT molecular complexity index is 183. The van der Waals surface area contributed by atoms with Gasteiger partial charge in [-0.1, -0.05) is 74.7 Å². The molecule has 0 radical (unpaired) electrons. The van der Waals surface area contributed by atoms with Crippen LogP contribution in [0.25, 0.3) is 0 Å². The van der Waals surface area contributed by atoms with Gasteiger partial charge in [0.05, 0.1) is 6.61 Å². The average Bonchev–Trinajstić information content (AvgIpc) is 2.34. The van der Waals surface area contributed by atoms with E-state index >= 15 is 0 Å². The Balaban J connectivity index is 3.40. The van der Waals surface area contributed by atoms with Crippen LogP contribution < -0.4 is 0 Å². The minimum absolute atomic E-state index is 0.0852. The van der Waals surface area contributed by atoms with E-state index in [-0.39, 0.29) is 10.8 Å². The maximum Gasteiger partial charge on any atom is 0.319 e. The second-order valence-electron chi connectivity index (χ2n) is 4.55. The molecule has 0 heterocycles. The van der Waals surface area contributed by atoms with Gasteiger partial charge in [-0.25, -0.2) is 0 Å². The fraction of sp³-hybridized carbons (Fsp3) is 0.929. The van der Waals surface area contributed by atoms with Crippen LogP contribution in [-0.2, 0) is 9.53 Å². The third-order valence-corrected chi connectivity index (χ3v) is 3.64. The molecule has 0 saturated heterocycles. The Kier molecular flexibility index (Phi) is 12.4. The molecule has 1 atom stereocenters. The van der Waals surface area contributed by atoms with Crippen LogP contribution >= 0.6 is 15.9 Å². The number of rotatable bonds is 11. The van der Waals surface area contributed by atoms with Crippen molar-refractivity contribution in [3.05, 3.63) is 0 Å². The molecule has 102 valence electrons. The highest BCUT2D eigenvalue weighted by atomic mass is 79.9. The van der Waals surface area contributed by atoms with Crippen molar-refractivity contribution in [2.75, 3.05) is 6.61 Å². The normalized spacial score (nSPS) is 12.4. The van der Waals surface area contributed by atoms with Gasteiger partial charge >= 0.3 is 5.97 Å². The molecule has 0 rings (SSSR count). The molecule has 0 aromatic heterocycles. The minimum Gasteiger partial charge on any atom is -0.465 e. The van der Waals surface area contributed by atoms with Crippen LogP contribution in [0.3, 0.4) is 0 Å². The number of unbranched alkanes of at least 4 members (excludes halogenated alkanes) is 6. The number of alkyl halides is 1. The molecule has 17 heavy (non-hydrogen) atoms. The molecule has 1 unspecified atom stereocenters. The number of halogens is 1. The maximum atomic E-state index is 11.6. The smallest absolute Gasteiger partial charge is 0.319 e. The first-order chi connectivity index (χ1) is 8.22. The summed E-state index contributed by atoms with van der Waals surface area (Å²) >= 11 is 3.40. The van der Waals surface area contributed by atoms with Gasteiger partial charge in [-0.05, 0) is 12.8 Å². The highest BCUT2D eigenvalue weighted by Crippen LogP contribution is 2.13. The highest BCUT2D eigenvalue weighted by molar-refractivity contribution is 9.10. The lowest BCUT2D eigenvalue weighted by Gasteiger charge is -2.09. The molecule has 0 saturated carbocycles. The van der Waals surface area contributed by atoms with E-state index in [0.717, 1.165) is 25.7 Å². The van der Waals surface area contributed by atoms with Crippen LogP contribution in [0.1, 0.15) is 71.6 Å². The van der Waals surface area contributed by atoms with Gasteiger partial charge in [0, 0.05) is 0 Å². The molecule has 0 fully saturated rings. The van der Waals surface area contributed by atoms with Gasteiger partial charge in [0.2, 0.25) is 0 Å². The van der Waals surface area contributed by atoms with E-state index in [1.807, 2.05) is 0 Å². The number of ether oxygens (including phenoxy) is 1. The SMILES string of the molecule is CCCCCCOC(=O)C(Br)CCCCCC. The van der Waals surface area contributed by atoms with E-state index < -0.39 is 0 Å². The van der Waals surface area contributed by atoms with Crippen LogP contribution in [0, 0.1) is 0 Å². The van der Waals surface area contributed by atoms with E-state index in [1.54, 1.807) is 0 Å². The van der Waals surface area contributed by atoms with E-state index in [9.17, 15) is 4.79 Å². The van der Waals surface area contributed by atoms with Crippen LogP contribution in [0.2, 0.25) is 0 Å². The zero-order valence-electron chi connectivity index (χ0n) is 11.3. The first-order valence-corrected chi connectivity index (χ1v) is 7.94. The number of hydrogen-bond donors (Lipinski definition) is 0. The molecule has 0 aliphatic heterocycles. The maximum absolute atomic E-state index is 11.6. The van der Waals surface area contributed by atoms with Crippen molar-refractivity contribution in [2.24, 2.45) is 0 Å².